The van der Waals surface area contributed by atoms with Gasteiger partial charge in [-0.2, -0.15) is 0 Å². The average Bonchev–Trinajstić information content (AvgIpc) is 0.746. The lowest BCUT2D eigenvalue weighted by atomic mass is 9.77. The number of carbonyl (C=O) groups excluding carboxylic acids is 8. The number of carbonyl (C=O) groups is 8. The number of aliphatic hydroxyl groups is 2. The smallest absolute Gasteiger partial charge is 0.306 e. The molecule has 0 radical (unpaired) electrons. The Morgan fingerprint density at radius 3 is 1.23 bits per heavy atom. The molecule has 6 rings (SSSR count). The predicted octanol–water partition coefficient (Wildman–Crippen LogP) is 11.5. The molecule has 6 aromatic rings. The third-order valence-electron chi connectivity index (χ3n) is 16.7. The van der Waals surface area contributed by atoms with Gasteiger partial charge in [-0.15, -0.1) is 0 Å². The number of benzene rings is 4. The van der Waals surface area contributed by atoms with Gasteiger partial charge in [0.2, 0.25) is 23.6 Å². The number of aromatic nitrogens is 2. The molecule has 2 aromatic heterocycles. The Labute approximate surface area is 606 Å². The van der Waals surface area contributed by atoms with Crippen LogP contribution in [0.2, 0.25) is 0 Å². The molecule has 0 aliphatic rings. The summed E-state index contributed by atoms with van der Waals surface area (Å²) in [7, 11) is 1.18. The highest BCUT2D eigenvalue weighted by Crippen LogP contribution is 2.33. The lowest BCUT2D eigenvalue weighted by Crippen LogP contribution is -2.52. The molecule has 0 bridgehead atoms. The summed E-state index contributed by atoms with van der Waals surface area (Å²) in [5.41, 5.74) is 3.83. The summed E-state index contributed by atoms with van der Waals surface area (Å²) in [5, 5.41) is 31.0. The van der Waals surface area contributed by atoms with Gasteiger partial charge in [0, 0.05) is 99.2 Å². The molecular weight excluding hydrogens is 1250 g/mol. The molecule has 99 heavy (non-hydrogen) atoms. The van der Waals surface area contributed by atoms with Crippen molar-refractivity contribution in [2.24, 2.45) is 45.3 Å². The van der Waals surface area contributed by atoms with E-state index in [0.29, 0.717) is 16.8 Å². The molecule has 4 aromatic carbocycles. The minimum absolute atomic E-state index is 0.00802. The fourth-order valence-electron chi connectivity index (χ4n) is 11.3. The van der Waals surface area contributed by atoms with Gasteiger partial charge >= 0.3 is 5.97 Å². The highest BCUT2D eigenvalue weighted by Gasteiger charge is 2.40. The molecule has 0 saturated carbocycles. The van der Waals surface area contributed by atoms with Crippen molar-refractivity contribution >= 4 is 46.9 Å². The maximum atomic E-state index is 14.3. The van der Waals surface area contributed by atoms with Crippen LogP contribution in [0.4, 0.5) is 0 Å². The van der Waals surface area contributed by atoms with Gasteiger partial charge in [-0.05, 0) is 99.8 Å². The van der Waals surface area contributed by atoms with E-state index in [-0.39, 0.29) is 50.1 Å². The van der Waals surface area contributed by atoms with Crippen LogP contribution in [0.5, 0.6) is 0 Å². The number of nitrogens with zero attached hydrogens (tertiary/aromatic N) is 4. The number of ether oxygens (including phenoxy) is 1. The summed E-state index contributed by atoms with van der Waals surface area (Å²) in [6.07, 6.45) is -1.11. The van der Waals surface area contributed by atoms with Crippen LogP contribution in [-0.2, 0) is 69.0 Å². The number of amides is 4. The number of methoxy groups -OCH3 is 1. The summed E-state index contributed by atoms with van der Waals surface area (Å²) in [4.78, 5) is 114. The Kier molecular flexibility index (Phi) is 23.3. The Morgan fingerprint density at radius 2 is 0.869 bits per heavy atom. The first-order chi connectivity index (χ1) is 52.2. The zero-order chi connectivity index (χ0) is 85.2. The molecule has 0 fully saturated rings. The van der Waals surface area contributed by atoms with Crippen molar-refractivity contribution in [3.63, 3.8) is 0 Å². The number of hydrazine groups is 2. The first-order valence-electron chi connectivity index (χ1n) is 39.9. The van der Waals surface area contributed by atoms with E-state index >= 15 is 0 Å². The van der Waals surface area contributed by atoms with E-state index in [1.54, 1.807) is 124 Å². The van der Waals surface area contributed by atoms with E-state index in [1.165, 1.54) is 31.2 Å². The van der Waals surface area contributed by atoms with Gasteiger partial charge in [-0.1, -0.05) is 204 Å². The van der Waals surface area contributed by atoms with Gasteiger partial charge in [-0.25, -0.2) is 10.0 Å². The Balaban J connectivity index is 0.000000404. The SMILES string of the molecule is [2H]C([2H])([2H])C(C)([C@H](NC(C)=O)C(=O)C[C@@H](Cc1ccccc1)[C@@H](O)CN(Cc1ccc(-c2ccccn2)cc1)NC(=O)[C@@H](CC(C)=O)C(C)(C)C)C([2H])([2H])[2H].[2H]C([2H])(c1ccc(-c2ccccn2)cc1)N(C[C@H](O)[C@@H](CC(=O)[C@@H](NC(C)=O)C(C)(C([2H])([2H])[2H])C([2H])([2H])[2H])Cc1ccccc1)NC(=O)[C@@H](CC(=O)OC)C(C)(C)C. The van der Waals surface area contributed by atoms with Gasteiger partial charge in [0.15, 0.2) is 11.6 Å². The van der Waals surface area contributed by atoms with E-state index in [4.69, 9.17) is 21.2 Å². The van der Waals surface area contributed by atoms with E-state index in [1.807, 2.05) is 63.2 Å². The lowest BCUT2D eigenvalue weighted by molar-refractivity contribution is -0.148. The first kappa shape index (κ1) is 61.5. The van der Waals surface area contributed by atoms with Gasteiger partial charge in [0.25, 0.3) is 0 Å². The van der Waals surface area contributed by atoms with Crippen LogP contribution in [0.3, 0.4) is 0 Å². The molecule has 0 saturated heterocycles. The molecule has 19 heteroatoms. The number of pyridine rings is 2. The summed E-state index contributed by atoms with van der Waals surface area (Å²) >= 11 is 0. The molecule has 8 atom stereocenters. The lowest BCUT2D eigenvalue weighted by Gasteiger charge is -2.35. The quantitative estimate of drug-likeness (QED) is 0.0169. The molecule has 0 aliphatic carbocycles. The average molecular weight is 1370 g/mol. The molecular formula is C80H108N8O11. The Hall–Kier alpha value is -8.62. The fraction of sp³-hybridized carbons (Fsp3) is 0.475. The fourth-order valence-corrected chi connectivity index (χ4v) is 11.3. The van der Waals surface area contributed by atoms with Crippen molar-refractivity contribution in [1.82, 2.24) is 41.5 Å². The van der Waals surface area contributed by atoms with E-state index in [0.717, 1.165) is 55.1 Å². The molecule has 4 amide bonds. The van der Waals surface area contributed by atoms with Crippen molar-refractivity contribution in [3.8, 4) is 22.5 Å². The third kappa shape index (κ3) is 27.6. The normalized spacial score (nSPS) is 17.1. The number of rotatable bonds is 32. The largest absolute Gasteiger partial charge is 0.469 e. The van der Waals surface area contributed by atoms with Crippen molar-refractivity contribution in [2.45, 2.75) is 179 Å². The van der Waals surface area contributed by atoms with Crippen LogP contribution in [0, 0.1) is 45.3 Å². The number of hydrogen-bond donors (Lipinski definition) is 6. The zero-order valence-corrected chi connectivity index (χ0v) is 58.9. The van der Waals surface area contributed by atoms with Crippen LogP contribution in [0.1, 0.15) is 171 Å². The van der Waals surface area contributed by atoms with Gasteiger partial charge in [0.05, 0.1) is 63.8 Å². The summed E-state index contributed by atoms with van der Waals surface area (Å²) in [5.74, 6) is -9.35. The summed E-state index contributed by atoms with van der Waals surface area (Å²) < 4.78 is 121. The van der Waals surface area contributed by atoms with Crippen LogP contribution in [0.15, 0.2) is 158 Å². The maximum absolute atomic E-state index is 14.3. The molecule has 534 valence electrons. The number of esters is 1. The standard InChI is InChI=1S/C40H54N4O6.C40H54N4O5/c1-27(45)42-37(40(5,6)7)34(46)23-31(22-28-14-10-9-11-15-28)35(47)26-44(43-38(49)32(39(2,3)4)24-36(48)50-8)25-29-17-19-30(20-18-29)33-16-12-13-21-41-33;1-27(45)22-33(39(3,4)5)38(49)43-44(25-30-17-19-31(20-18-30)34-16-12-13-21-41-34)26-36(48)32(23-29-14-10-9-11-15-29)24-35(47)37(40(6,7)8)42-28(2)46/h9-21,31-32,35,37,47H,22-26H2,1-8H3,(H,42,45)(H,43,49);9-21,32-33,36-37,48H,22-26H2,1-8H3,(H,42,46)(H,43,49)/t31-,32-,35+,37-;32-,33-,36+,37-/m11/s1/i5D3,6D3,25D2;6D3,7D3. The van der Waals surface area contributed by atoms with Crippen molar-refractivity contribution in [1.29, 1.82) is 0 Å². The number of aliphatic hydroxyl groups excluding tert-OH is 2. The van der Waals surface area contributed by atoms with Crippen LogP contribution >= 0.6 is 0 Å². The molecule has 0 spiro atoms. The van der Waals surface area contributed by atoms with E-state index < -0.39 is 164 Å². The van der Waals surface area contributed by atoms with Crippen molar-refractivity contribution in [2.75, 3.05) is 20.2 Å². The minimum atomic E-state index is -3.26. The van der Waals surface area contributed by atoms with Gasteiger partial charge in [0.1, 0.15) is 5.78 Å². The summed E-state index contributed by atoms with van der Waals surface area (Å²) in [6.45, 7) is -0.118. The number of nitrogens with one attached hydrogen (secondary N) is 4. The van der Waals surface area contributed by atoms with Crippen LogP contribution < -0.4 is 21.5 Å². The highest BCUT2D eigenvalue weighted by molar-refractivity contribution is 5.90. The van der Waals surface area contributed by atoms with Crippen molar-refractivity contribution < 1.29 is 72.5 Å². The van der Waals surface area contributed by atoms with E-state index in [9.17, 15) is 51.3 Å². The highest BCUT2D eigenvalue weighted by atomic mass is 16.5. The molecule has 6 N–H and O–H groups in total. The minimum Gasteiger partial charge on any atom is -0.469 e. The Bertz CT molecular complexity index is 4100. The molecule has 0 unspecified atom stereocenters. The van der Waals surface area contributed by atoms with Gasteiger partial charge < -0.3 is 30.4 Å². The monoisotopic (exact) mass is 1370 g/mol. The number of ketones is 3. The van der Waals surface area contributed by atoms with Gasteiger partial charge in [-0.3, -0.25) is 54.4 Å². The van der Waals surface area contributed by atoms with Crippen LogP contribution in [0.25, 0.3) is 22.5 Å². The molecule has 19 nitrogen and oxygen atoms in total. The second-order valence-corrected chi connectivity index (χ2v) is 27.8. The second-order valence-electron chi connectivity index (χ2n) is 27.8. The first-order valence-corrected chi connectivity index (χ1v) is 32.9. The van der Waals surface area contributed by atoms with E-state index in [2.05, 4.69) is 31.5 Å². The predicted molar refractivity (Wildman–Crippen MR) is 387 cm³/mol. The maximum Gasteiger partial charge on any atom is 0.306 e. The number of hydrogen-bond acceptors (Lipinski definition) is 15. The second kappa shape index (κ2) is 37.5. The number of Topliss-reactive ketones (excluding diaryl/α,β-unsaturated/α-hetero) is 3. The van der Waals surface area contributed by atoms with Crippen LogP contribution in [-0.4, -0.2) is 122 Å². The molecule has 0 aliphatic heterocycles. The topological polar surface area (TPSA) is 267 Å². The zero-order valence-electron chi connectivity index (χ0n) is 72.9. The molecule has 2 heterocycles. The van der Waals surface area contributed by atoms with Crippen molar-refractivity contribution in [3.05, 3.63) is 180 Å². The third-order valence-corrected chi connectivity index (χ3v) is 16.7. The summed E-state index contributed by atoms with van der Waals surface area (Å²) in [6, 6.07) is 38.3. The Morgan fingerprint density at radius 1 is 0.485 bits per heavy atom.